The molecule has 2 N–H and O–H groups in total. The van der Waals surface area contributed by atoms with E-state index in [-0.39, 0.29) is 29.8 Å². The highest BCUT2D eigenvalue weighted by molar-refractivity contribution is 7.99. The first kappa shape index (κ1) is 15.3. The van der Waals surface area contributed by atoms with E-state index < -0.39 is 0 Å². The Bertz CT molecular complexity index is 499. The number of hydrogen-bond donors (Lipinski definition) is 2. The second kappa shape index (κ2) is 6.14. The molecule has 0 radical (unpaired) electrons. The highest BCUT2D eigenvalue weighted by Gasteiger charge is 2.23. The molecule has 1 atom stereocenters. The smallest absolute Gasteiger partial charge is 0.234 e. The Morgan fingerprint density at radius 1 is 1.45 bits per heavy atom. The summed E-state index contributed by atoms with van der Waals surface area (Å²) in [5.41, 5.74) is 0.732. The van der Waals surface area contributed by atoms with Gasteiger partial charge in [0.05, 0.1) is 6.54 Å². The lowest BCUT2D eigenvalue weighted by molar-refractivity contribution is -0.121. The molecular formula is C15H21FN2OS. The van der Waals surface area contributed by atoms with Crippen molar-refractivity contribution in [3.63, 3.8) is 0 Å². The SMILES string of the molecule is CC(C)(C)NC(=O)CNC1CCSc2c(F)cccc21. The van der Waals surface area contributed by atoms with Gasteiger partial charge in [0.25, 0.3) is 0 Å². The van der Waals surface area contributed by atoms with Gasteiger partial charge in [-0.2, -0.15) is 0 Å². The minimum Gasteiger partial charge on any atom is -0.350 e. The number of benzene rings is 1. The molecule has 1 aliphatic heterocycles. The summed E-state index contributed by atoms with van der Waals surface area (Å²) in [7, 11) is 0. The summed E-state index contributed by atoms with van der Waals surface area (Å²) < 4.78 is 13.7. The standard InChI is InChI=1S/C15H21FN2OS/c1-15(2,3)18-13(19)9-17-12-7-8-20-14-10(12)5-4-6-11(14)16/h4-6,12,17H,7-9H2,1-3H3,(H,18,19). The first-order chi connectivity index (χ1) is 9.37. The van der Waals surface area contributed by atoms with Gasteiger partial charge in [0.15, 0.2) is 0 Å². The molecule has 0 aromatic heterocycles. The fourth-order valence-corrected chi connectivity index (χ4v) is 3.42. The summed E-state index contributed by atoms with van der Waals surface area (Å²) in [6, 6.07) is 5.20. The van der Waals surface area contributed by atoms with Crippen molar-refractivity contribution in [1.29, 1.82) is 0 Å². The number of carbonyl (C=O) groups is 1. The molecule has 0 bridgehead atoms. The summed E-state index contributed by atoms with van der Waals surface area (Å²) >= 11 is 1.55. The zero-order valence-corrected chi connectivity index (χ0v) is 12.9. The Balaban J connectivity index is 1.99. The fraction of sp³-hybridized carbons (Fsp3) is 0.533. The predicted molar refractivity (Wildman–Crippen MR) is 80.4 cm³/mol. The largest absolute Gasteiger partial charge is 0.350 e. The van der Waals surface area contributed by atoms with Crippen LogP contribution in [0.3, 0.4) is 0 Å². The van der Waals surface area contributed by atoms with Gasteiger partial charge >= 0.3 is 0 Å². The van der Waals surface area contributed by atoms with Crippen LogP contribution in [0.25, 0.3) is 0 Å². The van der Waals surface area contributed by atoms with Crippen LogP contribution >= 0.6 is 11.8 Å². The second-order valence-corrected chi connectivity index (χ2v) is 7.13. The van der Waals surface area contributed by atoms with Crippen LogP contribution in [-0.2, 0) is 4.79 Å². The molecule has 1 aliphatic rings. The maximum atomic E-state index is 13.7. The highest BCUT2D eigenvalue weighted by Crippen LogP contribution is 2.37. The van der Waals surface area contributed by atoms with E-state index in [1.165, 1.54) is 6.07 Å². The third-order valence-electron chi connectivity index (χ3n) is 3.05. The van der Waals surface area contributed by atoms with Gasteiger partial charge in [0, 0.05) is 16.5 Å². The summed E-state index contributed by atoms with van der Waals surface area (Å²) in [4.78, 5) is 12.5. The normalized spacial score (nSPS) is 18.5. The Labute approximate surface area is 123 Å². The van der Waals surface area contributed by atoms with E-state index in [0.29, 0.717) is 4.90 Å². The monoisotopic (exact) mass is 296 g/mol. The van der Waals surface area contributed by atoms with Crippen LogP contribution in [0.2, 0.25) is 0 Å². The predicted octanol–water partition coefficient (Wildman–Crippen LogP) is 2.87. The maximum Gasteiger partial charge on any atom is 0.234 e. The van der Waals surface area contributed by atoms with Crippen LogP contribution in [0.4, 0.5) is 4.39 Å². The topological polar surface area (TPSA) is 41.1 Å². The van der Waals surface area contributed by atoms with Crippen molar-refractivity contribution in [3.8, 4) is 0 Å². The van der Waals surface area contributed by atoms with E-state index in [1.807, 2.05) is 26.8 Å². The summed E-state index contributed by atoms with van der Waals surface area (Å²) in [6.45, 7) is 6.11. The third-order valence-corrected chi connectivity index (χ3v) is 4.21. The Hall–Kier alpha value is -1.07. The number of amides is 1. The van der Waals surface area contributed by atoms with Crippen molar-refractivity contribution in [2.75, 3.05) is 12.3 Å². The molecule has 0 saturated heterocycles. The van der Waals surface area contributed by atoms with Gasteiger partial charge in [-0.25, -0.2) is 4.39 Å². The second-order valence-electron chi connectivity index (χ2n) is 6.03. The lowest BCUT2D eigenvalue weighted by Crippen LogP contribution is -2.45. The molecule has 110 valence electrons. The van der Waals surface area contributed by atoms with Gasteiger partial charge in [-0.3, -0.25) is 4.79 Å². The van der Waals surface area contributed by atoms with Gasteiger partial charge in [0.2, 0.25) is 5.91 Å². The Morgan fingerprint density at radius 3 is 2.90 bits per heavy atom. The lowest BCUT2D eigenvalue weighted by Gasteiger charge is -2.27. The Morgan fingerprint density at radius 2 is 2.20 bits per heavy atom. The molecule has 2 rings (SSSR count). The average molecular weight is 296 g/mol. The van der Waals surface area contributed by atoms with Crippen molar-refractivity contribution in [2.24, 2.45) is 0 Å². The minimum atomic E-state index is -0.231. The van der Waals surface area contributed by atoms with E-state index in [9.17, 15) is 9.18 Å². The molecule has 20 heavy (non-hydrogen) atoms. The molecule has 1 unspecified atom stereocenters. The van der Waals surface area contributed by atoms with Crippen molar-refractivity contribution in [3.05, 3.63) is 29.6 Å². The highest BCUT2D eigenvalue weighted by atomic mass is 32.2. The molecular weight excluding hydrogens is 275 g/mol. The molecule has 1 aromatic rings. The van der Waals surface area contributed by atoms with Crippen molar-refractivity contribution in [1.82, 2.24) is 10.6 Å². The van der Waals surface area contributed by atoms with E-state index in [4.69, 9.17) is 0 Å². The summed E-state index contributed by atoms with van der Waals surface area (Å²) in [6.07, 6.45) is 0.907. The molecule has 0 aliphatic carbocycles. The van der Waals surface area contributed by atoms with E-state index in [1.54, 1.807) is 17.8 Å². The molecule has 0 fully saturated rings. The van der Waals surface area contributed by atoms with Crippen molar-refractivity contribution >= 4 is 17.7 Å². The van der Waals surface area contributed by atoms with Gasteiger partial charge in [-0.05, 0) is 44.6 Å². The van der Waals surface area contributed by atoms with Crippen molar-refractivity contribution in [2.45, 2.75) is 43.7 Å². The van der Waals surface area contributed by atoms with Crippen LogP contribution in [0, 0.1) is 5.82 Å². The quantitative estimate of drug-likeness (QED) is 0.901. The van der Waals surface area contributed by atoms with Gasteiger partial charge in [-0.1, -0.05) is 12.1 Å². The molecule has 3 nitrogen and oxygen atoms in total. The van der Waals surface area contributed by atoms with Gasteiger partial charge in [-0.15, -0.1) is 11.8 Å². The number of hydrogen-bond acceptors (Lipinski definition) is 3. The van der Waals surface area contributed by atoms with E-state index in [2.05, 4.69) is 10.6 Å². The minimum absolute atomic E-state index is 0.0336. The number of carbonyl (C=O) groups excluding carboxylic acids is 1. The molecule has 1 heterocycles. The number of thioether (sulfide) groups is 1. The maximum absolute atomic E-state index is 13.7. The molecule has 5 heteroatoms. The fourth-order valence-electron chi connectivity index (χ4n) is 2.28. The number of fused-ring (bicyclic) bond motifs is 1. The van der Waals surface area contributed by atoms with Crippen LogP contribution < -0.4 is 10.6 Å². The lowest BCUT2D eigenvalue weighted by atomic mass is 10.0. The first-order valence-corrected chi connectivity index (χ1v) is 7.81. The van der Waals surface area contributed by atoms with E-state index >= 15 is 0 Å². The Kier molecular flexibility index (Phi) is 4.70. The summed E-state index contributed by atoms with van der Waals surface area (Å²) in [5, 5.41) is 6.15. The van der Waals surface area contributed by atoms with E-state index in [0.717, 1.165) is 17.7 Å². The molecule has 1 amide bonds. The van der Waals surface area contributed by atoms with Gasteiger partial charge in [0.1, 0.15) is 5.82 Å². The first-order valence-electron chi connectivity index (χ1n) is 6.82. The number of halogens is 1. The van der Waals surface area contributed by atoms with Crippen LogP contribution in [0.15, 0.2) is 23.1 Å². The van der Waals surface area contributed by atoms with Crippen molar-refractivity contribution < 1.29 is 9.18 Å². The number of rotatable bonds is 3. The molecule has 1 aromatic carbocycles. The molecule has 0 saturated carbocycles. The third kappa shape index (κ3) is 3.96. The summed E-state index contributed by atoms with van der Waals surface area (Å²) in [5.74, 6) is 0.666. The van der Waals surface area contributed by atoms with Crippen LogP contribution in [0.1, 0.15) is 38.8 Å². The van der Waals surface area contributed by atoms with Gasteiger partial charge < -0.3 is 10.6 Å². The van der Waals surface area contributed by atoms with Crippen LogP contribution in [-0.4, -0.2) is 23.7 Å². The van der Waals surface area contributed by atoms with Crippen LogP contribution in [0.5, 0.6) is 0 Å². The average Bonchev–Trinajstić information content (AvgIpc) is 2.35. The number of nitrogens with one attached hydrogen (secondary N) is 2. The zero-order valence-electron chi connectivity index (χ0n) is 12.1. The molecule has 0 spiro atoms. The zero-order chi connectivity index (χ0) is 14.8.